The van der Waals surface area contributed by atoms with Gasteiger partial charge in [0.05, 0.1) is 17.7 Å². The monoisotopic (exact) mass is 575 g/mol. The molecule has 4 amide bonds. The van der Waals surface area contributed by atoms with E-state index < -0.39 is 71.0 Å². The van der Waals surface area contributed by atoms with Crippen molar-refractivity contribution in [2.75, 3.05) is 13.1 Å². The van der Waals surface area contributed by atoms with Crippen LogP contribution < -0.4 is 27.0 Å². The van der Waals surface area contributed by atoms with Gasteiger partial charge in [0.2, 0.25) is 11.8 Å². The Morgan fingerprint density at radius 3 is 1.57 bits per heavy atom. The maximum atomic E-state index is 13.1. The summed E-state index contributed by atoms with van der Waals surface area (Å²) in [6.07, 6.45) is -2.36. The van der Waals surface area contributed by atoms with Gasteiger partial charge in [-0.05, 0) is 82.1 Å². The van der Waals surface area contributed by atoms with Crippen LogP contribution in [-0.2, 0) is 28.6 Å². The number of carbonyl (C=O) groups excluding carboxylic acids is 4. The molecular formula is C26H49N5O9. The van der Waals surface area contributed by atoms with Gasteiger partial charge in [-0.1, -0.05) is 0 Å². The summed E-state index contributed by atoms with van der Waals surface area (Å²) < 4.78 is 16.0. The summed E-state index contributed by atoms with van der Waals surface area (Å²) in [5.74, 6) is -2.85. The first kappa shape index (κ1) is 36.9. The standard InChI is InChI=1S/C26H49N5O9/c1-15(38-24(2,3)4)18(21(34)35)31-20(33)17(12-14-29-23(37)40-26(8,9)10)30-19(32)16(27)11-13-28-22(36)39-25(5,6)7/h15-18H,11-14,27H2,1-10H3,(H,28,36)(H,29,37)(H,30,32)(H,31,33)(H,34,35)/t15-,16+,17+,18+/m1/s1. The summed E-state index contributed by atoms with van der Waals surface area (Å²) >= 11 is 0. The lowest BCUT2D eigenvalue weighted by atomic mass is 10.1. The third kappa shape index (κ3) is 17.5. The molecule has 0 heterocycles. The average molecular weight is 576 g/mol. The second-order valence-electron chi connectivity index (χ2n) is 12.4. The maximum Gasteiger partial charge on any atom is 0.407 e. The molecule has 232 valence electrons. The highest BCUT2D eigenvalue weighted by Gasteiger charge is 2.33. The predicted molar refractivity (Wildman–Crippen MR) is 147 cm³/mol. The van der Waals surface area contributed by atoms with Crippen molar-refractivity contribution in [1.29, 1.82) is 0 Å². The summed E-state index contributed by atoms with van der Waals surface area (Å²) in [7, 11) is 0. The van der Waals surface area contributed by atoms with Crippen molar-refractivity contribution in [3.05, 3.63) is 0 Å². The number of nitrogens with two attached hydrogens (primary N) is 1. The minimum Gasteiger partial charge on any atom is -0.480 e. The molecule has 0 aliphatic heterocycles. The van der Waals surface area contributed by atoms with Gasteiger partial charge in [-0.25, -0.2) is 14.4 Å². The second kappa shape index (κ2) is 15.6. The largest absolute Gasteiger partial charge is 0.480 e. The van der Waals surface area contributed by atoms with Crippen molar-refractivity contribution < 1.29 is 43.3 Å². The van der Waals surface area contributed by atoms with Gasteiger partial charge in [0.1, 0.15) is 17.2 Å². The zero-order valence-corrected chi connectivity index (χ0v) is 25.4. The number of rotatable bonds is 13. The Kier molecular flexibility index (Phi) is 14.4. The van der Waals surface area contributed by atoms with Crippen LogP contribution in [0, 0.1) is 0 Å². The molecule has 0 rings (SSSR count). The van der Waals surface area contributed by atoms with E-state index in [1.165, 1.54) is 6.92 Å². The molecule has 4 atom stereocenters. The van der Waals surface area contributed by atoms with Crippen molar-refractivity contribution in [3.63, 3.8) is 0 Å². The van der Waals surface area contributed by atoms with Gasteiger partial charge in [-0.2, -0.15) is 0 Å². The molecule has 0 aliphatic rings. The quantitative estimate of drug-likeness (QED) is 0.186. The number of nitrogens with one attached hydrogen (secondary N) is 4. The SMILES string of the molecule is C[C@@H](OC(C)(C)C)[C@H](NC(=O)[C@H](CCNC(=O)OC(C)(C)C)NC(=O)[C@@H](N)CCNC(=O)OC(C)(C)C)C(=O)O. The van der Waals surface area contributed by atoms with Crippen LogP contribution >= 0.6 is 0 Å². The molecule has 0 saturated heterocycles. The van der Waals surface area contributed by atoms with Crippen LogP contribution in [0.2, 0.25) is 0 Å². The van der Waals surface area contributed by atoms with E-state index in [4.69, 9.17) is 19.9 Å². The minimum absolute atomic E-state index is 0.0311. The first-order valence-corrected chi connectivity index (χ1v) is 13.2. The Bertz CT molecular complexity index is 875. The first-order chi connectivity index (χ1) is 18.0. The van der Waals surface area contributed by atoms with Crippen LogP contribution in [-0.4, -0.2) is 89.2 Å². The Morgan fingerprint density at radius 1 is 0.725 bits per heavy atom. The molecule has 0 radical (unpaired) electrons. The van der Waals surface area contributed by atoms with Crippen LogP contribution in [0.5, 0.6) is 0 Å². The number of amides is 4. The highest BCUT2D eigenvalue weighted by atomic mass is 16.6. The zero-order chi connectivity index (χ0) is 31.5. The molecule has 7 N–H and O–H groups in total. The molecule has 14 nitrogen and oxygen atoms in total. The van der Waals surface area contributed by atoms with Crippen LogP contribution in [0.1, 0.15) is 82.1 Å². The third-order valence-corrected chi connectivity index (χ3v) is 4.77. The third-order valence-electron chi connectivity index (χ3n) is 4.77. The number of ether oxygens (including phenoxy) is 3. The molecule has 0 aromatic heterocycles. The van der Waals surface area contributed by atoms with E-state index in [2.05, 4.69) is 21.3 Å². The van der Waals surface area contributed by atoms with Gasteiger partial charge in [-0.15, -0.1) is 0 Å². The highest BCUT2D eigenvalue weighted by Crippen LogP contribution is 2.14. The van der Waals surface area contributed by atoms with Gasteiger partial charge >= 0.3 is 18.2 Å². The second-order valence-corrected chi connectivity index (χ2v) is 12.4. The summed E-state index contributed by atoms with van der Waals surface area (Å²) in [5, 5.41) is 19.6. The molecule has 0 aromatic rings. The highest BCUT2D eigenvalue weighted by molar-refractivity contribution is 5.92. The van der Waals surface area contributed by atoms with Gasteiger partial charge in [0.15, 0.2) is 6.04 Å². The fourth-order valence-electron chi connectivity index (χ4n) is 3.21. The molecular weight excluding hydrogens is 526 g/mol. The Balaban J connectivity index is 5.42. The number of aliphatic carboxylic acids is 1. The number of carboxylic acids is 1. The van der Waals surface area contributed by atoms with Gasteiger partial charge < -0.3 is 46.3 Å². The van der Waals surface area contributed by atoms with Crippen molar-refractivity contribution in [3.8, 4) is 0 Å². The topological polar surface area (TPSA) is 207 Å². The molecule has 0 aliphatic carbocycles. The lowest BCUT2D eigenvalue weighted by Crippen LogP contribution is -2.58. The van der Waals surface area contributed by atoms with E-state index in [0.29, 0.717) is 0 Å². The molecule has 0 spiro atoms. The molecule has 0 saturated carbocycles. The summed E-state index contributed by atoms with van der Waals surface area (Å²) in [4.78, 5) is 61.6. The molecule has 0 bridgehead atoms. The van der Waals surface area contributed by atoms with Crippen molar-refractivity contribution in [1.82, 2.24) is 21.3 Å². The maximum absolute atomic E-state index is 13.1. The van der Waals surface area contributed by atoms with Gasteiger partial charge in [-0.3, -0.25) is 9.59 Å². The molecule has 40 heavy (non-hydrogen) atoms. The van der Waals surface area contributed by atoms with Crippen molar-refractivity contribution >= 4 is 30.0 Å². The summed E-state index contributed by atoms with van der Waals surface area (Å²) in [6, 6.07) is -3.78. The van der Waals surface area contributed by atoms with Crippen LogP contribution in [0.25, 0.3) is 0 Å². The van der Waals surface area contributed by atoms with Crippen LogP contribution in [0.3, 0.4) is 0 Å². The Morgan fingerprint density at radius 2 is 1.18 bits per heavy atom. The Hall–Kier alpha value is -3.13. The van der Waals surface area contributed by atoms with E-state index in [0.717, 1.165) is 0 Å². The molecule has 0 unspecified atom stereocenters. The van der Waals surface area contributed by atoms with E-state index in [1.54, 1.807) is 62.3 Å². The smallest absolute Gasteiger partial charge is 0.407 e. The summed E-state index contributed by atoms with van der Waals surface area (Å²) in [6.45, 7) is 16.9. The lowest BCUT2D eigenvalue weighted by Gasteiger charge is -2.30. The van der Waals surface area contributed by atoms with Crippen molar-refractivity contribution in [2.24, 2.45) is 5.73 Å². The normalized spacial score (nSPS) is 15.1. The zero-order valence-electron chi connectivity index (χ0n) is 25.4. The molecule has 0 aromatic carbocycles. The Labute approximate surface area is 236 Å². The fraction of sp³-hybridized carbons (Fsp3) is 0.808. The van der Waals surface area contributed by atoms with Gasteiger partial charge in [0, 0.05) is 13.1 Å². The van der Waals surface area contributed by atoms with E-state index in [1.807, 2.05) is 0 Å². The van der Waals surface area contributed by atoms with Crippen molar-refractivity contribution in [2.45, 2.75) is 123 Å². The fourth-order valence-corrected chi connectivity index (χ4v) is 3.21. The van der Waals surface area contributed by atoms with E-state index >= 15 is 0 Å². The lowest BCUT2D eigenvalue weighted by molar-refractivity contribution is -0.150. The van der Waals surface area contributed by atoms with Gasteiger partial charge in [0.25, 0.3) is 0 Å². The van der Waals surface area contributed by atoms with Crippen LogP contribution in [0.15, 0.2) is 0 Å². The van der Waals surface area contributed by atoms with Crippen LogP contribution in [0.4, 0.5) is 9.59 Å². The average Bonchev–Trinajstić information content (AvgIpc) is 2.72. The van der Waals surface area contributed by atoms with E-state index in [-0.39, 0.29) is 25.9 Å². The first-order valence-electron chi connectivity index (χ1n) is 13.2. The number of carbonyl (C=O) groups is 5. The van der Waals surface area contributed by atoms with E-state index in [9.17, 15) is 29.1 Å². The number of alkyl carbamates (subject to hydrolysis) is 2. The molecule has 14 heteroatoms. The number of hydrogen-bond acceptors (Lipinski definition) is 9. The molecule has 0 fully saturated rings. The number of carboxylic acid groups (broad SMARTS) is 1. The minimum atomic E-state index is -1.42. The predicted octanol–water partition coefficient (Wildman–Crippen LogP) is 1.40. The number of hydrogen-bond donors (Lipinski definition) is 6. The summed E-state index contributed by atoms with van der Waals surface area (Å²) in [5.41, 5.74) is 3.84.